The van der Waals surface area contributed by atoms with Crippen molar-refractivity contribution in [3.8, 4) is 6.07 Å². The molecule has 0 aliphatic rings. The zero-order chi connectivity index (χ0) is 20.4. The second-order valence-corrected chi connectivity index (χ2v) is 7.33. The van der Waals surface area contributed by atoms with Gasteiger partial charge in [0.15, 0.2) is 0 Å². The van der Waals surface area contributed by atoms with E-state index in [1.54, 1.807) is 12.1 Å². The first-order valence-corrected chi connectivity index (χ1v) is 9.86. The molecule has 3 aromatic carbocycles. The van der Waals surface area contributed by atoms with Crippen LogP contribution in [0, 0.1) is 17.4 Å². The molecule has 1 aromatic heterocycles. The number of amides is 1. The highest BCUT2D eigenvalue weighted by atomic mass is 16.1. The van der Waals surface area contributed by atoms with Crippen LogP contribution in [0.15, 0.2) is 54.6 Å². The third kappa shape index (κ3) is 3.48. The highest BCUT2D eigenvalue weighted by Gasteiger charge is 2.17. The molecular weight excluding hydrogens is 358 g/mol. The lowest BCUT2D eigenvalue weighted by Gasteiger charge is -2.09. The summed E-state index contributed by atoms with van der Waals surface area (Å²) in [4.78, 5) is 12.1. The van der Waals surface area contributed by atoms with E-state index in [-0.39, 0.29) is 0 Å². The standard InChI is InChI=1S/C25H22N3O/c1-2-3-6-17-11-12-20-23(14-17)28(16-19-8-4-7-18(13-19)15-26)22-10-5-9-21(24(20)22)25(27)29/h4-5,7-11,13-14H,2-3,6,16H2,1H3,(H2,27,29). The van der Waals surface area contributed by atoms with E-state index in [1.807, 2.05) is 36.4 Å². The Kier molecular flexibility index (Phi) is 5.05. The molecule has 1 heterocycles. The van der Waals surface area contributed by atoms with Crippen LogP contribution in [0.1, 0.15) is 46.8 Å². The summed E-state index contributed by atoms with van der Waals surface area (Å²) >= 11 is 0. The third-order valence-corrected chi connectivity index (χ3v) is 5.34. The topological polar surface area (TPSA) is 71.8 Å². The highest BCUT2D eigenvalue weighted by molar-refractivity contribution is 6.17. The largest absolute Gasteiger partial charge is 0.366 e. The van der Waals surface area contributed by atoms with E-state index in [0.717, 1.165) is 46.6 Å². The second kappa shape index (κ2) is 7.81. The maximum absolute atomic E-state index is 12.1. The smallest absolute Gasteiger partial charge is 0.249 e. The summed E-state index contributed by atoms with van der Waals surface area (Å²) in [6.45, 7) is 2.78. The van der Waals surface area contributed by atoms with E-state index in [2.05, 4.69) is 29.7 Å². The van der Waals surface area contributed by atoms with Crippen molar-refractivity contribution in [3.63, 3.8) is 0 Å². The number of carbonyl (C=O) groups is 1. The number of benzene rings is 3. The zero-order valence-electron chi connectivity index (χ0n) is 16.4. The van der Waals surface area contributed by atoms with E-state index < -0.39 is 5.91 Å². The SMILES string of the molecule is CCCCc1c[c]c2c3c(C(N)=O)cccc3n(Cc3cccc(C#N)c3)c2c1. The maximum Gasteiger partial charge on any atom is 0.249 e. The van der Waals surface area contributed by atoms with E-state index >= 15 is 0 Å². The van der Waals surface area contributed by atoms with Gasteiger partial charge in [0.05, 0.1) is 22.7 Å². The van der Waals surface area contributed by atoms with Gasteiger partial charge in [0.25, 0.3) is 0 Å². The van der Waals surface area contributed by atoms with Gasteiger partial charge in [0, 0.05) is 22.9 Å². The third-order valence-electron chi connectivity index (χ3n) is 5.34. The van der Waals surface area contributed by atoms with Gasteiger partial charge in [-0.15, -0.1) is 0 Å². The lowest BCUT2D eigenvalue weighted by molar-refractivity contribution is 0.100. The lowest BCUT2D eigenvalue weighted by atomic mass is 10.0. The number of nitrogens with two attached hydrogens (primary N) is 1. The van der Waals surface area contributed by atoms with Gasteiger partial charge in [-0.25, -0.2) is 0 Å². The summed E-state index contributed by atoms with van der Waals surface area (Å²) in [5.74, 6) is -0.440. The number of hydrogen-bond donors (Lipinski definition) is 1. The number of rotatable bonds is 6. The fraction of sp³-hybridized carbons (Fsp3) is 0.200. The van der Waals surface area contributed by atoms with Crippen molar-refractivity contribution >= 4 is 27.7 Å². The Morgan fingerprint density at radius 1 is 1.14 bits per heavy atom. The van der Waals surface area contributed by atoms with Crippen LogP contribution in [0.25, 0.3) is 21.8 Å². The van der Waals surface area contributed by atoms with Crippen LogP contribution < -0.4 is 5.73 Å². The van der Waals surface area contributed by atoms with Crippen molar-refractivity contribution in [2.45, 2.75) is 32.7 Å². The normalized spacial score (nSPS) is 11.0. The van der Waals surface area contributed by atoms with Crippen molar-refractivity contribution in [2.75, 3.05) is 0 Å². The fourth-order valence-corrected chi connectivity index (χ4v) is 3.92. The Bertz CT molecular complexity index is 1260. The summed E-state index contributed by atoms with van der Waals surface area (Å²) in [6, 6.07) is 23.1. The molecule has 0 aliphatic carbocycles. The van der Waals surface area contributed by atoms with E-state index in [1.165, 1.54) is 5.56 Å². The fourth-order valence-electron chi connectivity index (χ4n) is 3.92. The van der Waals surface area contributed by atoms with Crippen molar-refractivity contribution in [1.29, 1.82) is 5.26 Å². The molecular formula is C25H22N3O. The predicted octanol–water partition coefficient (Wildman–Crippen LogP) is 4.96. The number of aryl methyl sites for hydroxylation is 1. The molecule has 0 bridgehead atoms. The molecule has 4 heteroatoms. The number of carbonyl (C=O) groups excluding carboxylic acids is 1. The predicted molar refractivity (Wildman–Crippen MR) is 116 cm³/mol. The first-order chi connectivity index (χ1) is 14.1. The molecule has 0 atom stereocenters. The van der Waals surface area contributed by atoms with E-state index in [0.29, 0.717) is 17.7 Å². The Morgan fingerprint density at radius 2 is 1.97 bits per heavy atom. The second-order valence-electron chi connectivity index (χ2n) is 7.33. The number of fused-ring (bicyclic) bond motifs is 3. The van der Waals surface area contributed by atoms with Gasteiger partial charge >= 0.3 is 0 Å². The summed E-state index contributed by atoms with van der Waals surface area (Å²) in [5, 5.41) is 11.0. The monoisotopic (exact) mass is 380 g/mol. The molecule has 0 saturated carbocycles. The van der Waals surface area contributed by atoms with Gasteiger partial charge in [-0.3, -0.25) is 4.79 Å². The molecule has 0 spiro atoms. The number of primary amides is 1. The molecule has 143 valence electrons. The summed E-state index contributed by atoms with van der Waals surface area (Å²) < 4.78 is 2.19. The number of hydrogen-bond acceptors (Lipinski definition) is 2. The van der Waals surface area contributed by atoms with Crippen molar-refractivity contribution in [1.82, 2.24) is 4.57 Å². The van der Waals surface area contributed by atoms with Crippen LogP contribution in [0.4, 0.5) is 0 Å². The van der Waals surface area contributed by atoms with Crippen LogP contribution >= 0.6 is 0 Å². The molecule has 0 aliphatic heterocycles. The molecule has 1 radical (unpaired) electrons. The average molecular weight is 380 g/mol. The molecule has 29 heavy (non-hydrogen) atoms. The summed E-state index contributed by atoms with van der Waals surface area (Å²) in [7, 11) is 0. The van der Waals surface area contributed by atoms with E-state index in [9.17, 15) is 10.1 Å². The summed E-state index contributed by atoms with van der Waals surface area (Å²) in [5.41, 5.74) is 11.1. The molecule has 4 nitrogen and oxygen atoms in total. The number of unbranched alkanes of at least 4 members (excludes halogenated alkanes) is 1. The molecule has 0 saturated heterocycles. The van der Waals surface area contributed by atoms with Gasteiger partial charge in [0.1, 0.15) is 0 Å². The first kappa shape index (κ1) is 18.8. The van der Waals surface area contributed by atoms with Gasteiger partial charge < -0.3 is 10.3 Å². The van der Waals surface area contributed by atoms with Gasteiger partial charge in [-0.1, -0.05) is 37.6 Å². The minimum Gasteiger partial charge on any atom is -0.366 e. The highest BCUT2D eigenvalue weighted by Crippen LogP contribution is 2.33. The Morgan fingerprint density at radius 3 is 2.72 bits per heavy atom. The Labute approximate surface area is 170 Å². The summed E-state index contributed by atoms with van der Waals surface area (Å²) in [6.07, 6.45) is 3.25. The molecule has 4 aromatic rings. The number of nitrogens with zero attached hydrogens (tertiary/aromatic N) is 2. The number of nitriles is 1. The molecule has 1 amide bonds. The lowest BCUT2D eigenvalue weighted by Crippen LogP contribution is -2.11. The quantitative estimate of drug-likeness (QED) is 0.514. The zero-order valence-corrected chi connectivity index (χ0v) is 16.4. The first-order valence-electron chi connectivity index (χ1n) is 9.86. The van der Waals surface area contributed by atoms with Crippen molar-refractivity contribution < 1.29 is 4.79 Å². The molecule has 0 unspecified atom stereocenters. The minimum absolute atomic E-state index is 0.440. The van der Waals surface area contributed by atoms with Crippen LogP contribution in [-0.4, -0.2) is 10.5 Å². The molecule has 2 N–H and O–H groups in total. The van der Waals surface area contributed by atoms with Crippen LogP contribution in [0.5, 0.6) is 0 Å². The van der Waals surface area contributed by atoms with Crippen molar-refractivity contribution in [3.05, 3.63) is 82.9 Å². The van der Waals surface area contributed by atoms with Gasteiger partial charge in [0.2, 0.25) is 5.91 Å². The Hall–Kier alpha value is -3.58. The maximum atomic E-state index is 12.1. The molecule has 0 fully saturated rings. The Balaban J connectivity index is 1.97. The van der Waals surface area contributed by atoms with Gasteiger partial charge in [-0.05, 0) is 60.4 Å². The molecule has 4 rings (SSSR count). The van der Waals surface area contributed by atoms with Crippen LogP contribution in [0.2, 0.25) is 0 Å². The van der Waals surface area contributed by atoms with Crippen LogP contribution in [0.3, 0.4) is 0 Å². The van der Waals surface area contributed by atoms with Gasteiger partial charge in [-0.2, -0.15) is 5.26 Å². The minimum atomic E-state index is -0.440. The average Bonchev–Trinajstić information content (AvgIpc) is 3.05. The number of aromatic nitrogens is 1. The van der Waals surface area contributed by atoms with Crippen molar-refractivity contribution in [2.24, 2.45) is 5.73 Å². The van der Waals surface area contributed by atoms with Crippen LogP contribution in [-0.2, 0) is 13.0 Å². The van der Waals surface area contributed by atoms with E-state index in [4.69, 9.17) is 5.73 Å².